The normalized spacial score (nSPS) is 12.0. The molecule has 0 amide bonds. The van der Waals surface area contributed by atoms with Gasteiger partial charge in [0.15, 0.2) is 0 Å². The fourth-order valence-corrected chi connectivity index (χ4v) is 0. The summed E-state index contributed by atoms with van der Waals surface area (Å²) in [6.45, 7) is 7.05. The van der Waals surface area contributed by atoms with Gasteiger partial charge in [0.1, 0.15) is 0 Å². The Bertz CT molecular complexity index is 37.3. The summed E-state index contributed by atoms with van der Waals surface area (Å²) in [6.07, 6.45) is 0. The number of hydrogen-bond acceptors (Lipinski definition) is 0. The van der Waals surface area contributed by atoms with Gasteiger partial charge in [-0.25, -0.2) is 0 Å². The van der Waals surface area contributed by atoms with Gasteiger partial charge in [-0.2, -0.15) is 0 Å². The van der Waals surface area contributed by atoms with Crippen molar-refractivity contribution in [2.24, 2.45) is 0 Å². The maximum atomic E-state index is 3.04. The molecule has 0 bridgehead atoms. The second-order valence-corrected chi connectivity index (χ2v) is 9.93. The van der Waals surface area contributed by atoms with E-state index in [4.69, 9.17) is 0 Å². The van der Waals surface area contributed by atoms with E-state index in [1.165, 1.54) is 4.94 Å². The first-order chi connectivity index (χ1) is 2.56. The third-order valence-corrected chi connectivity index (χ3v) is 6.75. The Morgan fingerprint density at radius 2 is 1.50 bits per heavy atom. The van der Waals surface area contributed by atoms with Gasteiger partial charge in [-0.05, 0) is 0 Å². The molecule has 2 heteroatoms. The molecule has 1 radical (unpaired) electrons. The Hall–Kier alpha value is 0.736. The van der Waals surface area contributed by atoms with E-state index >= 15 is 0 Å². The summed E-state index contributed by atoms with van der Waals surface area (Å²) >= 11 is 3.04. The van der Waals surface area contributed by atoms with Crippen LogP contribution in [0.1, 0.15) is 0 Å². The SMILES string of the molecule is C[Si](C)(C)C[Se]. The quantitative estimate of drug-likeness (QED) is 0.517. The third-order valence-electron chi connectivity index (χ3n) is 0.433. The Morgan fingerprint density at radius 3 is 1.50 bits per heavy atom. The van der Waals surface area contributed by atoms with Crippen LogP contribution in [0.3, 0.4) is 0 Å². The van der Waals surface area contributed by atoms with E-state index in [0.29, 0.717) is 0 Å². The van der Waals surface area contributed by atoms with Gasteiger partial charge in [-0.3, -0.25) is 0 Å². The summed E-state index contributed by atoms with van der Waals surface area (Å²) in [5, 5.41) is 0. The van der Waals surface area contributed by atoms with Gasteiger partial charge in [0, 0.05) is 0 Å². The molecule has 0 rings (SSSR count). The summed E-state index contributed by atoms with van der Waals surface area (Å²) < 4.78 is 0. The molecule has 0 fully saturated rings. The van der Waals surface area contributed by atoms with Gasteiger partial charge < -0.3 is 0 Å². The van der Waals surface area contributed by atoms with Crippen molar-refractivity contribution in [3.8, 4) is 0 Å². The van der Waals surface area contributed by atoms with Crippen molar-refractivity contribution in [1.29, 1.82) is 0 Å². The van der Waals surface area contributed by atoms with Crippen LogP contribution in [-0.4, -0.2) is 24.1 Å². The monoisotopic (exact) mass is 167 g/mol. The van der Waals surface area contributed by atoms with Gasteiger partial charge in [0.25, 0.3) is 0 Å². The van der Waals surface area contributed by atoms with Gasteiger partial charge in [0.2, 0.25) is 0 Å². The fraction of sp³-hybridized carbons (Fsp3) is 1.00. The van der Waals surface area contributed by atoms with Crippen LogP contribution in [0.5, 0.6) is 0 Å². The van der Waals surface area contributed by atoms with Gasteiger partial charge in [0.05, 0.1) is 0 Å². The van der Waals surface area contributed by atoms with Crippen LogP contribution >= 0.6 is 0 Å². The summed E-state index contributed by atoms with van der Waals surface area (Å²) in [5.41, 5.74) is 0. The number of rotatable bonds is 1. The molecule has 0 aromatic carbocycles. The maximum absolute atomic E-state index is 3.04. The van der Waals surface area contributed by atoms with Gasteiger partial charge >= 0.3 is 48.7 Å². The topological polar surface area (TPSA) is 0 Å². The van der Waals surface area contributed by atoms with E-state index in [0.717, 1.165) is 0 Å². The van der Waals surface area contributed by atoms with Crippen LogP contribution in [-0.2, 0) is 0 Å². The standard InChI is InChI=1S/C4H11SeSi/c1-6(2,3)4-5/h4H2,1-3H3. The van der Waals surface area contributed by atoms with E-state index in [1.54, 1.807) is 0 Å². The predicted octanol–water partition coefficient (Wildman–Crippen LogP) is 1.45. The van der Waals surface area contributed by atoms with Crippen LogP contribution in [0.4, 0.5) is 0 Å². The molecule has 0 atom stereocenters. The third kappa shape index (κ3) is 4.74. The fourth-order valence-electron chi connectivity index (χ4n) is 0. The van der Waals surface area contributed by atoms with Crippen LogP contribution in [0.25, 0.3) is 0 Å². The molecule has 6 heavy (non-hydrogen) atoms. The van der Waals surface area contributed by atoms with E-state index < -0.39 is 8.07 Å². The van der Waals surface area contributed by atoms with Crippen LogP contribution in [0.15, 0.2) is 0 Å². The molecule has 37 valence electrons. The van der Waals surface area contributed by atoms with Crippen LogP contribution in [0, 0.1) is 0 Å². The first-order valence-electron chi connectivity index (χ1n) is 2.14. The van der Waals surface area contributed by atoms with Crippen molar-refractivity contribution in [3.63, 3.8) is 0 Å². The molecule has 0 spiro atoms. The number of hydrogen-bond donors (Lipinski definition) is 0. The molecular formula is C4H11SeSi. The average molecular weight is 166 g/mol. The molecule has 0 N–H and O–H groups in total. The van der Waals surface area contributed by atoms with Crippen molar-refractivity contribution < 1.29 is 0 Å². The van der Waals surface area contributed by atoms with Gasteiger partial charge in [-0.1, -0.05) is 0 Å². The van der Waals surface area contributed by atoms with E-state index in [2.05, 4.69) is 35.7 Å². The van der Waals surface area contributed by atoms with Crippen molar-refractivity contribution in [2.75, 3.05) is 0 Å². The molecule has 0 aromatic heterocycles. The zero-order chi connectivity index (χ0) is 5.21. The minimum absolute atomic E-state index is 0.687. The van der Waals surface area contributed by atoms with Crippen molar-refractivity contribution >= 4 is 24.1 Å². The Labute approximate surface area is 49.2 Å². The molecule has 0 aromatic rings. The van der Waals surface area contributed by atoms with Crippen molar-refractivity contribution in [2.45, 2.75) is 24.6 Å². The summed E-state index contributed by atoms with van der Waals surface area (Å²) in [4.78, 5) is 1.28. The second-order valence-electron chi connectivity index (χ2n) is 2.70. The van der Waals surface area contributed by atoms with Crippen LogP contribution < -0.4 is 0 Å². The zero-order valence-corrected chi connectivity index (χ0v) is 7.33. The van der Waals surface area contributed by atoms with Crippen LogP contribution in [0.2, 0.25) is 24.6 Å². The van der Waals surface area contributed by atoms with E-state index in [1.807, 2.05) is 0 Å². The first-order valence-corrected chi connectivity index (χ1v) is 7.06. The molecule has 0 nitrogen and oxygen atoms in total. The summed E-state index contributed by atoms with van der Waals surface area (Å²) in [7, 11) is -0.687. The Morgan fingerprint density at radius 1 is 1.33 bits per heavy atom. The van der Waals surface area contributed by atoms with E-state index in [9.17, 15) is 0 Å². The molecule has 0 heterocycles. The van der Waals surface area contributed by atoms with Crippen molar-refractivity contribution in [3.05, 3.63) is 0 Å². The summed E-state index contributed by atoms with van der Waals surface area (Å²) in [5.74, 6) is 0. The molecule has 0 aliphatic heterocycles. The van der Waals surface area contributed by atoms with Gasteiger partial charge in [-0.15, -0.1) is 0 Å². The molecule has 0 saturated heterocycles. The Balaban J connectivity index is 3.17. The average Bonchev–Trinajstić information content (AvgIpc) is 1.35. The second kappa shape index (κ2) is 2.15. The molecule has 0 unspecified atom stereocenters. The summed E-state index contributed by atoms with van der Waals surface area (Å²) in [6, 6.07) is 0. The zero-order valence-electron chi connectivity index (χ0n) is 4.62. The molecule has 0 aliphatic rings. The molecular weight excluding hydrogens is 155 g/mol. The minimum atomic E-state index is -0.687. The predicted molar refractivity (Wildman–Crippen MR) is 33.9 cm³/mol. The van der Waals surface area contributed by atoms with Crippen molar-refractivity contribution in [1.82, 2.24) is 0 Å². The molecule has 0 aliphatic carbocycles. The molecule has 0 saturated carbocycles. The first kappa shape index (κ1) is 6.74. The Kier molecular flexibility index (Phi) is 2.41. The van der Waals surface area contributed by atoms with E-state index in [-0.39, 0.29) is 0 Å².